The van der Waals surface area contributed by atoms with Gasteiger partial charge in [-0.25, -0.2) is 0 Å². The molecule has 0 aromatic heterocycles. The van der Waals surface area contributed by atoms with Crippen molar-refractivity contribution in [2.45, 2.75) is 19.3 Å². The molecule has 0 fully saturated rings. The average Bonchev–Trinajstić information content (AvgIpc) is 2.39. The van der Waals surface area contributed by atoms with Gasteiger partial charge in [-0.05, 0) is 36.6 Å². The van der Waals surface area contributed by atoms with E-state index in [0.29, 0.717) is 6.42 Å². The van der Waals surface area contributed by atoms with E-state index < -0.39 is 0 Å². The number of anilines is 1. The second-order valence-electron chi connectivity index (χ2n) is 4.81. The summed E-state index contributed by atoms with van der Waals surface area (Å²) >= 11 is 0. The van der Waals surface area contributed by atoms with E-state index in [1.165, 1.54) is 11.1 Å². The first-order valence-corrected chi connectivity index (χ1v) is 6.45. The second kappa shape index (κ2) is 5.84. The van der Waals surface area contributed by atoms with Crippen molar-refractivity contribution in [2.24, 2.45) is 5.73 Å². The van der Waals surface area contributed by atoms with Crippen LogP contribution >= 0.6 is 0 Å². The zero-order valence-electron chi connectivity index (χ0n) is 11.1. The number of benzene rings is 1. The van der Waals surface area contributed by atoms with Crippen molar-refractivity contribution in [3.05, 3.63) is 29.3 Å². The first-order valence-electron chi connectivity index (χ1n) is 6.45. The van der Waals surface area contributed by atoms with Crippen molar-refractivity contribution in [2.75, 3.05) is 25.0 Å². The molecule has 19 heavy (non-hydrogen) atoms. The van der Waals surface area contributed by atoms with Gasteiger partial charge >= 0.3 is 0 Å². The summed E-state index contributed by atoms with van der Waals surface area (Å²) in [6.45, 7) is 0.929. The number of nitrogens with zero attached hydrogens (tertiary/aromatic N) is 1. The van der Waals surface area contributed by atoms with E-state index >= 15 is 0 Å². The van der Waals surface area contributed by atoms with Gasteiger partial charge in [0.15, 0.2) is 0 Å². The SMILES string of the molecule is CN1C(=O)CCc2cc(CCNCC(N)=O)ccc21. The summed E-state index contributed by atoms with van der Waals surface area (Å²) in [4.78, 5) is 23.9. The van der Waals surface area contributed by atoms with Crippen LogP contribution in [0.3, 0.4) is 0 Å². The van der Waals surface area contributed by atoms with Crippen molar-refractivity contribution in [3.8, 4) is 0 Å². The monoisotopic (exact) mass is 261 g/mol. The van der Waals surface area contributed by atoms with E-state index in [1.54, 1.807) is 4.90 Å². The fourth-order valence-electron chi connectivity index (χ4n) is 2.31. The molecule has 2 rings (SSSR count). The molecule has 0 saturated heterocycles. The molecule has 102 valence electrons. The van der Waals surface area contributed by atoms with Crippen LogP contribution in [-0.4, -0.2) is 32.0 Å². The van der Waals surface area contributed by atoms with E-state index in [-0.39, 0.29) is 18.4 Å². The topological polar surface area (TPSA) is 75.4 Å². The van der Waals surface area contributed by atoms with Crippen LogP contribution in [0.2, 0.25) is 0 Å². The van der Waals surface area contributed by atoms with E-state index in [1.807, 2.05) is 19.2 Å². The van der Waals surface area contributed by atoms with Crippen LogP contribution in [-0.2, 0) is 22.4 Å². The number of carbonyl (C=O) groups excluding carboxylic acids is 2. The molecule has 1 heterocycles. The van der Waals surface area contributed by atoms with Gasteiger partial charge in [0.1, 0.15) is 0 Å². The third kappa shape index (κ3) is 3.32. The number of hydrogen-bond acceptors (Lipinski definition) is 3. The molecule has 1 aliphatic rings. The number of nitrogens with one attached hydrogen (secondary N) is 1. The van der Waals surface area contributed by atoms with Crippen LogP contribution in [0.1, 0.15) is 17.5 Å². The van der Waals surface area contributed by atoms with E-state index in [9.17, 15) is 9.59 Å². The highest BCUT2D eigenvalue weighted by molar-refractivity contribution is 5.95. The van der Waals surface area contributed by atoms with Gasteiger partial charge in [0.2, 0.25) is 11.8 Å². The number of hydrogen-bond donors (Lipinski definition) is 2. The summed E-state index contributed by atoms with van der Waals surface area (Å²) in [6.07, 6.45) is 2.23. The maximum absolute atomic E-state index is 11.6. The molecule has 0 bridgehead atoms. The van der Waals surface area contributed by atoms with Gasteiger partial charge < -0.3 is 16.0 Å². The van der Waals surface area contributed by atoms with Crippen molar-refractivity contribution >= 4 is 17.5 Å². The number of carbonyl (C=O) groups is 2. The molecule has 0 atom stereocenters. The zero-order valence-corrected chi connectivity index (χ0v) is 11.1. The maximum Gasteiger partial charge on any atom is 0.231 e. The smallest absolute Gasteiger partial charge is 0.231 e. The standard InChI is InChI=1S/C14H19N3O2/c1-17-12-4-2-10(6-7-16-9-13(15)18)8-11(12)3-5-14(17)19/h2,4,8,16H,3,5-7,9H2,1H3,(H2,15,18). The van der Waals surface area contributed by atoms with Gasteiger partial charge in [-0.2, -0.15) is 0 Å². The van der Waals surface area contributed by atoms with Crippen LogP contribution in [0.15, 0.2) is 18.2 Å². The number of rotatable bonds is 5. The quantitative estimate of drug-likeness (QED) is 0.744. The largest absolute Gasteiger partial charge is 0.369 e. The Hall–Kier alpha value is -1.88. The van der Waals surface area contributed by atoms with E-state index in [4.69, 9.17) is 5.73 Å². The predicted octanol–water partition coefficient (Wildman–Crippen LogP) is 0.213. The number of nitrogens with two attached hydrogens (primary N) is 1. The zero-order chi connectivity index (χ0) is 13.8. The Morgan fingerprint density at radius 2 is 2.21 bits per heavy atom. The van der Waals surface area contributed by atoms with Crippen LogP contribution in [0, 0.1) is 0 Å². The van der Waals surface area contributed by atoms with Crippen molar-refractivity contribution in [3.63, 3.8) is 0 Å². The summed E-state index contributed by atoms with van der Waals surface area (Å²) < 4.78 is 0. The summed E-state index contributed by atoms with van der Waals surface area (Å²) in [5.41, 5.74) is 8.48. The van der Waals surface area contributed by atoms with Crippen molar-refractivity contribution in [1.29, 1.82) is 0 Å². The number of primary amides is 1. The Balaban J connectivity index is 1.97. The lowest BCUT2D eigenvalue weighted by atomic mass is 9.98. The van der Waals surface area contributed by atoms with Gasteiger partial charge in [-0.1, -0.05) is 12.1 Å². The fourth-order valence-corrected chi connectivity index (χ4v) is 2.31. The highest BCUT2D eigenvalue weighted by Crippen LogP contribution is 2.27. The molecule has 5 nitrogen and oxygen atoms in total. The van der Waals surface area contributed by atoms with Crippen LogP contribution < -0.4 is 16.0 Å². The minimum Gasteiger partial charge on any atom is -0.369 e. The van der Waals surface area contributed by atoms with Crippen LogP contribution in [0.4, 0.5) is 5.69 Å². The molecule has 5 heteroatoms. The molecule has 1 aromatic rings. The molecular formula is C14H19N3O2. The lowest BCUT2D eigenvalue weighted by Gasteiger charge is -2.26. The molecule has 0 aliphatic carbocycles. The second-order valence-corrected chi connectivity index (χ2v) is 4.81. The Morgan fingerprint density at radius 1 is 1.42 bits per heavy atom. The Kier molecular flexibility index (Phi) is 4.16. The molecule has 0 spiro atoms. The molecule has 1 aliphatic heterocycles. The Morgan fingerprint density at radius 3 is 2.95 bits per heavy atom. The van der Waals surface area contributed by atoms with Gasteiger partial charge in [0.25, 0.3) is 0 Å². The molecule has 0 radical (unpaired) electrons. The average molecular weight is 261 g/mol. The molecule has 0 unspecified atom stereocenters. The van der Waals surface area contributed by atoms with Crippen molar-refractivity contribution < 1.29 is 9.59 Å². The number of aryl methyl sites for hydroxylation is 1. The van der Waals surface area contributed by atoms with Crippen LogP contribution in [0.5, 0.6) is 0 Å². The normalized spacial score (nSPS) is 14.4. The Bertz CT molecular complexity index is 499. The highest BCUT2D eigenvalue weighted by Gasteiger charge is 2.20. The van der Waals surface area contributed by atoms with Gasteiger partial charge in [0, 0.05) is 19.2 Å². The van der Waals surface area contributed by atoms with Crippen LogP contribution in [0.25, 0.3) is 0 Å². The Labute approximate surface area is 112 Å². The summed E-state index contributed by atoms with van der Waals surface area (Å²) in [5.74, 6) is -0.172. The number of fused-ring (bicyclic) bond motifs is 1. The lowest BCUT2D eigenvalue weighted by Crippen LogP contribution is -2.31. The predicted molar refractivity (Wildman–Crippen MR) is 73.9 cm³/mol. The first-order chi connectivity index (χ1) is 9.08. The maximum atomic E-state index is 11.6. The summed E-state index contributed by atoms with van der Waals surface area (Å²) in [7, 11) is 1.81. The minimum absolute atomic E-state index is 0.170. The summed E-state index contributed by atoms with van der Waals surface area (Å²) in [6, 6.07) is 6.17. The lowest BCUT2D eigenvalue weighted by molar-refractivity contribution is -0.118. The minimum atomic E-state index is -0.342. The van der Waals surface area contributed by atoms with E-state index in [0.717, 1.165) is 25.1 Å². The molecule has 0 saturated carbocycles. The van der Waals surface area contributed by atoms with Crippen molar-refractivity contribution in [1.82, 2.24) is 5.32 Å². The van der Waals surface area contributed by atoms with Gasteiger partial charge in [0.05, 0.1) is 6.54 Å². The third-order valence-electron chi connectivity index (χ3n) is 3.38. The summed E-state index contributed by atoms with van der Waals surface area (Å²) in [5, 5.41) is 2.99. The molecule has 3 N–H and O–H groups in total. The fraction of sp³-hybridized carbons (Fsp3) is 0.429. The highest BCUT2D eigenvalue weighted by atomic mass is 16.2. The first kappa shape index (κ1) is 13.5. The van der Waals surface area contributed by atoms with E-state index in [2.05, 4.69) is 11.4 Å². The van der Waals surface area contributed by atoms with Gasteiger partial charge in [-0.15, -0.1) is 0 Å². The third-order valence-corrected chi connectivity index (χ3v) is 3.38. The number of amides is 2. The molecular weight excluding hydrogens is 242 g/mol. The molecule has 2 amide bonds. The van der Waals surface area contributed by atoms with Gasteiger partial charge in [-0.3, -0.25) is 9.59 Å². The molecule has 1 aromatic carbocycles.